The van der Waals surface area contributed by atoms with Crippen LogP contribution >= 0.6 is 24.0 Å². The lowest BCUT2D eigenvalue weighted by Crippen LogP contribution is -2.55. The molecule has 1 fully saturated rings. The molecule has 1 heterocycles. The minimum atomic E-state index is -0.583. The average Bonchev–Trinajstić information content (AvgIpc) is 2.54. The van der Waals surface area contributed by atoms with Crippen LogP contribution in [-0.4, -0.2) is 41.9 Å². The zero-order chi connectivity index (χ0) is 17.0. The molecule has 5 nitrogen and oxygen atoms in total. The van der Waals surface area contributed by atoms with Gasteiger partial charge in [0.25, 0.3) is 5.91 Å². The summed E-state index contributed by atoms with van der Waals surface area (Å²) in [5.74, 6) is 0.221. The van der Waals surface area contributed by atoms with Gasteiger partial charge in [0.1, 0.15) is 6.04 Å². The Bertz CT molecular complexity index is 565. The normalized spacial score (nSPS) is 21.6. The van der Waals surface area contributed by atoms with Crippen LogP contribution in [0.1, 0.15) is 37.0 Å². The minimum absolute atomic E-state index is 0. The highest BCUT2D eigenvalue weighted by atomic mass is 35.5. The van der Waals surface area contributed by atoms with E-state index in [-0.39, 0.29) is 30.3 Å². The number of hydrogen-bond acceptors (Lipinski definition) is 3. The molecule has 1 saturated heterocycles. The van der Waals surface area contributed by atoms with Crippen LogP contribution in [0.5, 0.6) is 0 Å². The molecule has 0 spiro atoms. The van der Waals surface area contributed by atoms with Gasteiger partial charge < -0.3 is 16.0 Å². The van der Waals surface area contributed by atoms with E-state index in [2.05, 4.69) is 12.2 Å². The second-order valence-electron chi connectivity index (χ2n) is 6.25. The molecule has 0 aromatic heterocycles. The van der Waals surface area contributed by atoms with Crippen LogP contribution < -0.4 is 11.1 Å². The summed E-state index contributed by atoms with van der Waals surface area (Å²) < 4.78 is 0. The maximum atomic E-state index is 12.6. The van der Waals surface area contributed by atoms with Gasteiger partial charge in [0.05, 0.1) is 0 Å². The summed E-state index contributed by atoms with van der Waals surface area (Å²) >= 11 is 5.81. The van der Waals surface area contributed by atoms with E-state index in [9.17, 15) is 9.59 Å². The van der Waals surface area contributed by atoms with Crippen molar-refractivity contribution >= 4 is 35.8 Å². The average molecular weight is 374 g/mol. The Kier molecular flexibility index (Phi) is 8.00. The van der Waals surface area contributed by atoms with Crippen LogP contribution in [0.25, 0.3) is 0 Å². The fourth-order valence-electron chi connectivity index (χ4n) is 2.96. The van der Waals surface area contributed by atoms with Gasteiger partial charge in [-0.15, -0.1) is 12.4 Å². The van der Waals surface area contributed by atoms with E-state index >= 15 is 0 Å². The lowest BCUT2D eigenvalue weighted by atomic mass is 9.92. The fourth-order valence-corrected chi connectivity index (χ4v) is 3.08. The molecular weight excluding hydrogens is 349 g/mol. The number of halogens is 2. The zero-order valence-corrected chi connectivity index (χ0v) is 15.6. The van der Waals surface area contributed by atoms with Gasteiger partial charge in [-0.3, -0.25) is 9.59 Å². The Balaban J connectivity index is 0.00000288. The standard InChI is InChI=1S/C17H24ClN3O2.ClH/c1-11-7-8-21(15(9-11)10-19)17(23)12(2)20-16(22)13-3-5-14(18)6-4-13;/h3-6,11-12,15H,7-10,19H2,1-2H3,(H,20,22);1H. The molecule has 0 bridgehead atoms. The van der Waals surface area contributed by atoms with Gasteiger partial charge in [0.15, 0.2) is 0 Å². The van der Waals surface area contributed by atoms with Gasteiger partial charge in [0.2, 0.25) is 5.91 Å². The fraction of sp³-hybridized carbons (Fsp3) is 0.529. The number of piperidine rings is 1. The third-order valence-electron chi connectivity index (χ3n) is 4.36. The molecule has 3 N–H and O–H groups in total. The van der Waals surface area contributed by atoms with Crippen LogP contribution in [0.15, 0.2) is 24.3 Å². The molecule has 2 rings (SSSR count). The monoisotopic (exact) mass is 373 g/mol. The number of nitrogens with zero attached hydrogens (tertiary/aromatic N) is 1. The third kappa shape index (κ3) is 5.10. The van der Waals surface area contributed by atoms with Crippen LogP contribution in [-0.2, 0) is 4.79 Å². The van der Waals surface area contributed by atoms with Crippen molar-refractivity contribution in [2.24, 2.45) is 11.7 Å². The Hall–Kier alpha value is -1.30. The molecule has 7 heteroatoms. The van der Waals surface area contributed by atoms with Crippen LogP contribution in [0.4, 0.5) is 0 Å². The predicted molar refractivity (Wildman–Crippen MR) is 98.6 cm³/mol. The zero-order valence-electron chi connectivity index (χ0n) is 14.0. The molecule has 0 radical (unpaired) electrons. The number of benzene rings is 1. The summed E-state index contributed by atoms with van der Waals surface area (Å²) in [4.78, 5) is 26.6. The Morgan fingerprint density at radius 3 is 2.58 bits per heavy atom. The van der Waals surface area contributed by atoms with Crippen molar-refractivity contribution < 1.29 is 9.59 Å². The quantitative estimate of drug-likeness (QED) is 0.850. The van der Waals surface area contributed by atoms with E-state index in [1.54, 1.807) is 31.2 Å². The van der Waals surface area contributed by atoms with Crippen LogP contribution in [0.2, 0.25) is 5.02 Å². The number of likely N-dealkylation sites (tertiary alicyclic amines) is 1. The van der Waals surface area contributed by atoms with Crippen molar-refractivity contribution in [2.75, 3.05) is 13.1 Å². The second-order valence-corrected chi connectivity index (χ2v) is 6.69. The van der Waals surface area contributed by atoms with Gasteiger partial charge >= 0.3 is 0 Å². The lowest BCUT2D eigenvalue weighted by Gasteiger charge is -2.39. The van der Waals surface area contributed by atoms with Gasteiger partial charge in [-0.25, -0.2) is 0 Å². The third-order valence-corrected chi connectivity index (χ3v) is 4.61. The number of hydrogen-bond donors (Lipinski definition) is 2. The first-order valence-corrected chi connectivity index (χ1v) is 8.37. The van der Waals surface area contributed by atoms with Crippen molar-refractivity contribution in [3.8, 4) is 0 Å². The highest BCUT2D eigenvalue weighted by Crippen LogP contribution is 2.22. The molecule has 24 heavy (non-hydrogen) atoms. The number of carbonyl (C=O) groups is 2. The highest BCUT2D eigenvalue weighted by Gasteiger charge is 2.31. The van der Waals surface area contributed by atoms with Crippen LogP contribution in [0.3, 0.4) is 0 Å². The Labute approximate surface area is 154 Å². The first-order chi connectivity index (χ1) is 10.9. The predicted octanol–water partition coefficient (Wildman–Crippen LogP) is 2.47. The Morgan fingerprint density at radius 1 is 1.38 bits per heavy atom. The number of carbonyl (C=O) groups excluding carboxylic acids is 2. The molecule has 1 aliphatic heterocycles. The number of nitrogens with two attached hydrogens (primary N) is 1. The smallest absolute Gasteiger partial charge is 0.251 e. The molecule has 2 amide bonds. The molecule has 1 aromatic rings. The van der Waals surface area contributed by atoms with E-state index in [4.69, 9.17) is 17.3 Å². The lowest BCUT2D eigenvalue weighted by molar-refractivity contribution is -0.136. The Morgan fingerprint density at radius 2 is 2.00 bits per heavy atom. The first kappa shape index (κ1) is 20.7. The summed E-state index contributed by atoms with van der Waals surface area (Å²) in [6, 6.07) is 6.06. The molecule has 0 aliphatic carbocycles. The molecule has 3 atom stereocenters. The van der Waals surface area contributed by atoms with E-state index in [0.717, 1.165) is 12.8 Å². The largest absolute Gasteiger partial charge is 0.341 e. The second kappa shape index (κ2) is 9.25. The van der Waals surface area contributed by atoms with Crippen molar-refractivity contribution in [1.29, 1.82) is 0 Å². The maximum absolute atomic E-state index is 12.6. The van der Waals surface area contributed by atoms with E-state index in [0.29, 0.717) is 29.6 Å². The first-order valence-electron chi connectivity index (χ1n) is 7.99. The van der Waals surface area contributed by atoms with Gasteiger partial charge in [0, 0.05) is 29.7 Å². The minimum Gasteiger partial charge on any atom is -0.341 e. The van der Waals surface area contributed by atoms with Gasteiger partial charge in [-0.2, -0.15) is 0 Å². The molecule has 0 saturated carbocycles. The molecule has 1 aromatic carbocycles. The summed E-state index contributed by atoms with van der Waals surface area (Å²) in [6.07, 6.45) is 1.89. The van der Waals surface area contributed by atoms with Crippen molar-refractivity contribution in [3.63, 3.8) is 0 Å². The van der Waals surface area contributed by atoms with Crippen molar-refractivity contribution in [3.05, 3.63) is 34.9 Å². The van der Waals surface area contributed by atoms with Crippen molar-refractivity contribution in [2.45, 2.75) is 38.8 Å². The molecule has 134 valence electrons. The molecule has 3 unspecified atom stereocenters. The maximum Gasteiger partial charge on any atom is 0.251 e. The summed E-state index contributed by atoms with van der Waals surface area (Å²) in [7, 11) is 0. The highest BCUT2D eigenvalue weighted by molar-refractivity contribution is 6.30. The van der Waals surface area contributed by atoms with Gasteiger partial charge in [-0.05, 0) is 49.9 Å². The summed E-state index contributed by atoms with van der Waals surface area (Å²) in [6.45, 7) is 5.04. The summed E-state index contributed by atoms with van der Waals surface area (Å²) in [5.41, 5.74) is 6.29. The van der Waals surface area contributed by atoms with E-state index in [1.807, 2.05) is 4.90 Å². The number of nitrogens with one attached hydrogen (secondary N) is 1. The molecule has 1 aliphatic rings. The topological polar surface area (TPSA) is 75.4 Å². The SMILES string of the molecule is CC1CCN(C(=O)C(C)NC(=O)c2ccc(Cl)cc2)C(CN)C1.Cl. The van der Waals surface area contributed by atoms with Crippen molar-refractivity contribution in [1.82, 2.24) is 10.2 Å². The van der Waals surface area contributed by atoms with Crippen LogP contribution in [0, 0.1) is 5.92 Å². The van der Waals surface area contributed by atoms with E-state index < -0.39 is 6.04 Å². The number of amides is 2. The molecular formula is C17H25Cl2N3O2. The van der Waals surface area contributed by atoms with E-state index in [1.165, 1.54) is 0 Å². The van der Waals surface area contributed by atoms with Gasteiger partial charge in [-0.1, -0.05) is 18.5 Å². The number of rotatable bonds is 4. The summed E-state index contributed by atoms with van der Waals surface area (Å²) in [5, 5.41) is 3.32.